The van der Waals surface area contributed by atoms with Crippen LogP contribution in [0.25, 0.3) is 27.5 Å². The molecule has 5 aromatic rings. The minimum absolute atomic E-state index is 0.202. The van der Waals surface area contributed by atoms with Crippen molar-refractivity contribution in [2.45, 2.75) is 16.7 Å². The van der Waals surface area contributed by atoms with E-state index in [-0.39, 0.29) is 15.5 Å². The zero-order chi connectivity index (χ0) is 25.7. The number of aromatic nitrogens is 3. The van der Waals surface area contributed by atoms with Crippen LogP contribution in [0.15, 0.2) is 92.8 Å². The van der Waals surface area contributed by atoms with Crippen LogP contribution >= 0.6 is 0 Å². The van der Waals surface area contributed by atoms with Gasteiger partial charge >= 0.3 is 0 Å². The zero-order valence-corrected chi connectivity index (χ0v) is 20.1. The number of nitrogens with zero attached hydrogens (tertiary/aromatic N) is 5. The van der Waals surface area contributed by atoms with E-state index in [4.69, 9.17) is 0 Å². The molecule has 0 atom stereocenters. The van der Waals surface area contributed by atoms with Gasteiger partial charge in [-0.15, -0.1) is 10.2 Å². The quantitative estimate of drug-likeness (QED) is 0.245. The highest BCUT2D eigenvalue weighted by Crippen LogP contribution is 2.27. The Morgan fingerprint density at radius 2 is 1.44 bits per heavy atom. The Hall–Kier alpha value is -4.04. The van der Waals surface area contributed by atoms with Crippen LogP contribution in [-0.4, -0.2) is 40.9 Å². The van der Waals surface area contributed by atoms with E-state index < -0.39 is 20.2 Å². The fraction of sp³-hybridized carbons (Fsp3) is 0.0435. The summed E-state index contributed by atoms with van der Waals surface area (Å²) in [6.07, 6.45) is 0. The van der Waals surface area contributed by atoms with E-state index in [9.17, 15) is 25.9 Å². The van der Waals surface area contributed by atoms with Gasteiger partial charge in [-0.05, 0) is 72.5 Å². The summed E-state index contributed by atoms with van der Waals surface area (Å²) in [5.74, 6) is 0. The molecule has 0 amide bonds. The zero-order valence-electron chi connectivity index (χ0n) is 18.5. The van der Waals surface area contributed by atoms with Crippen molar-refractivity contribution in [3.05, 3.63) is 78.4 Å². The number of benzene rings is 4. The van der Waals surface area contributed by atoms with Crippen LogP contribution in [0.2, 0.25) is 0 Å². The maximum Gasteiger partial charge on any atom is 0.294 e. The lowest BCUT2D eigenvalue weighted by Crippen LogP contribution is -2.00. The monoisotopic (exact) mass is 523 g/mol. The van der Waals surface area contributed by atoms with Crippen LogP contribution in [0.5, 0.6) is 0 Å². The molecule has 0 bridgehead atoms. The summed E-state index contributed by atoms with van der Waals surface area (Å²) in [6, 6.07) is 18.8. The molecule has 0 saturated carbocycles. The minimum atomic E-state index is -4.37. The molecule has 0 unspecified atom stereocenters. The summed E-state index contributed by atoms with van der Waals surface area (Å²) in [5, 5.41) is 18.4. The molecule has 0 saturated heterocycles. The molecule has 1 aromatic heterocycles. The number of hydrogen-bond donors (Lipinski definition) is 2. The van der Waals surface area contributed by atoms with Gasteiger partial charge in [0.05, 0.1) is 26.9 Å². The molecule has 5 rings (SSSR count). The highest BCUT2D eigenvalue weighted by molar-refractivity contribution is 7.86. The van der Waals surface area contributed by atoms with Crippen molar-refractivity contribution in [1.29, 1.82) is 0 Å². The summed E-state index contributed by atoms with van der Waals surface area (Å²) < 4.78 is 64.4. The molecule has 0 aliphatic rings. The van der Waals surface area contributed by atoms with Gasteiger partial charge in [-0.25, -0.2) is 0 Å². The molecule has 182 valence electrons. The van der Waals surface area contributed by atoms with Gasteiger partial charge in [0, 0.05) is 5.39 Å². The van der Waals surface area contributed by atoms with E-state index in [2.05, 4.69) is 20.4 Å². The molecular formula is C23H17N5O6S2. The second-order valence-corrected chi connectivity index (χ2v) is 10.7. The third-order valence-corrected chi connectivity index (χ3v) is 7.29. The second-order valence-electron chi connectivity index (χ2n) is 7.92. The maximum absolute atomic E-state index is 11.5. The fourth-order valence-corrected chi connectivity index (χ4v) is 4.92. The van der Waals surface area contributed by atoms with Crippen molar-refractivity contribution in [3.8, 4) is 5.69 Å². The summed E-state index contributed by atoms with van der Waals surface area (Å²) in [7, 11) is -8.68. The number of fused-ring (bicyclic) bond motifs is 3. The predicted molar refractivity (Wildman–Crippen MR) is 131 cm³/mol. The number of hydrogen-bond acceptors (Lipinski definition) is 8. The van der Waals surface area contributed by atoms with Gasteiger partial charge in [-0.1, -0.05) is 18.2 Å². The van der Waals surface area contributed by atoms with Crippen molar-refractivity contribution in [3.63, 3.8) is 0 Å². The van der Waals surface area contributed by atoms with Crippen molar-refractivity contribution in [1.82, 2.24) is 15.0 Å². The first kappa shape index (κ1) is 23.7. The largest absolute Gasteiger partial charge is 0.294 e. The van der Waals surface area contributed by atoms with Crippen LogP contribution < -0.4 is 0 Å². The van der Waals surface area contributed by atoms with Crippen LogP contribution in [0.3, 0.4) is 0 Å². The van der Waals surface area contributed by atoms with Gasteiger partial charge in [0.25, 0.3) is 20.2 Å². The topological polar surface area (TPSA) is 164 Å². The van der Waals surface area contributed by atoms with E-state index in [0.29, 0.717) is 38.7 Å². The fourth-order valence-electron chi connectivity index (χ4n) is 3.66. The molecule has 0 aliphatic heterocycles. The Balaban J connectivity index is 1.44. The van der Waals surface area contributed by atoms with Crippen LogP contribution in [0.4, 0.5) is 11.4 Å². The first-order valence-corrected chi connectivity index (χ1v) is 13.2. The second kappa shape index (κ2) is 8.57. The van der Waals surface area contributed by atoms with Gasteiger partial charge < -0.3 is 0 Å². The maximum atomic E-state index is 11.5. The molecule has 1 heterocycles. The van der Waals surface area contributed by atoms with Crippen molar-refractivity contribution >= 4 is 53.4 Å². The Kier molecular flexibility index (Phi) is 5.64. The summed E-state index contributed by atoms with van der Waals surface area (Å²) in [4.78, 5) is 0.999. The molecular weight excluding hydrogens is 506 g/mol. The SMILES string of the molecule is Cc1ccc(N=Nc2ccc(-n3nc4ccc5cc(S(=O)(=O)O)ccc5c4n3)cc2)cc1S(=O)(=O)O. The van der Waals surface area contributed by atoms with E-state index in [1.807, 2.05) is 0 Å². The van der Waals surface area contributed by atoms with Crippen LogP contribution in [0.1, 0.15) is 5.56 Å². The molecule has 0 fully saturated rings. The molecule has 13 heteroatoms. The lowest BCUT2D eigenvalue weighted by atomic mass is 10.1. The van der Waals surface area contributed by atoms with Crippen molar-refractivity contribution in [2.24, 2.45) is 10.2 Å². The minimum Gasteiger partial charge on any atom is -0.282 e. The first-order chi connectivity index (χ1) is 17.0. The number of azo groups is 1. The molecule has 2 N–H and O–H groups in total. The number of aryl methyl sites for hydroxylation is 1. The summed E-state index contributed by atoms with van der Waals surface area (Å²) in [5.41, 5.74) is 2.95. The smallest absolute Gasteiger partial charge is 0.282 e. The molecule has 0 aliphatic carbocycles. The average Bonchev–Trinajstić information content (AvgIpc) is 3.27. The first-order valence-electron chi connectivity index (χ1n) is 10.4. The summed E-state index contributed by atoms with van der Waals surface area (Å²) >= 11 is 0. The highest BCUT2D eigenvalue weighted by atomic mass is 32.2. The lowest BCUT2D eigenvalue weighted by molar-refractivity contribution is 0.480. The van der Waals surface area contributed by atoms with Crippen molar-refractivity contribution < 1.29 is 25.9 Å². The van der Waals surface area contributed by atoms with Crippen LogP contribution in [-0.2, 0) is 20.2 Å². The van der Waals surface area contributed by atoms with Gasteiger partial charge in [0.1, 0.15) is 11.0 Å². The van der Waals surface area contributed by atoms with Crippen LogP contribution in [0, 0.1) is 6.92 Å². The van der Waals surface area contributed by atoms with E-state index in [0.717, 1.165) is 0 Å². The average molecular weight is 524 g/mol. The molecule has 0 radical (unpaired) electrons. The Morgan fingerprint density at radius 1 is 0.750 bits per heavy atom. The van der Waals surface area contributed by atoms with E-state index >= 15 is 0 Å². The van der Waals surface area contributed by atoms with Gasteiger partial charge in [-0.2, -0.15) is 31.9 Å². The normalized spacial score (nSPS) is 12.6. The molecule has 0 spiro atoms. The standard InChI is InChI=1S/C23H17N5O6S2/c1-14-2-4-17(13-22(14)36(32,33)34)25-24-16-5-7-18(8-6-16)28-26-21-11-3-15-12-19(35(29,30)31)9-10-20(15)23(21)27-28/h2-13H,1H3,(H,29,30,31)(H,32,33,34). The molecule has 36 heavy (non-hydrogen) atoms. The lowest BCUT2D eigenvalue weighted by Gasteiger charge is -2.03. The summed E-state index contributed by atoms with van der Waals surface area (Å²) in [6.45, 7) is 1.56. The van der Waals surface area contributed by atoms with Gasteiger partial charge in [0.2, 0.25) is 0 Å². The Bertz CT molecular complexity index is 1900. The van der Waals surface area contributed by atoms with E-state index in [1.165, 1.54) is 29.1 Å². The number of rotatable bonds is 5. The Labute approximate surface area is 205 Å². The van der Waals surface area contributed by atoms with Gasteiger partial charge in [-0.3, -0.25) is 9.11 Å². The predicted octanol–water partition coefficient (Wildman–Crippen LogP) is 4.79. The van der Waals surface area contributed by atoms with Crippen molar-refractivity contribution in [2.75, 3.05) is 0 Å². The third-order valence-electron chi connectivity index (χ3n) is 5.45. The van der Waals surface area contributed by atoms with E-state index in [1.54, 1.807) is 55.5 Å². The molecule has 11 nitrogen and oxygen atoms in total. The highest BCUT2D eigenvalue weighted by Gasteiger charge is 2.15. The third kappa shape index (κ3) is 4.59. The Morgan fingerprint density at radius 3 is 2.14 bits per heavy atom. The molecule has 4 aromatic carbocycles. The van der Waals surface area contributed by atoms with Gasteiger partial charge in [0.15, 0.2) is 0 Å².